The Labute approximate surface area is 127 Å². The molecule has 0 unspecified atom stereocenters. The van der Waals surface area contributed by atoms with Crippen LogP contribution in [0.2, 0.25) is 0 Å². The summed E-state index contributed by atoms with van der Waals surface area (Å²) < 4.78 is 10.9. The number of carboxylic acids is 2. The fourth-order valence-corrected chi connectivity index (χ4v) is 1.97. The lowest BCUT2D eigenvalue weighted by Crippen LogP contribution is -2.38. The lowest BCUT2D eigenvalue weighted by atomic mass is 9.81. The lowest BCUT2D eigenvalue weighted by Gasteiger charge is -2.23. The van der Waals surface area contributed by atoms with Gasteiger partial charge in [-0.15, -0.1) is 0 Å². The second-order valence-corrected chi connectivity index (χ2v) is 4.74. The molecule has 0 bridgehead atoms. The molecule has 1 aliphatic carbocycles. The van der Waals surface area contributed by atoms with E-state index in [1.165, 1.54) is 12.2 Å². The van der Waals surface area contributed by atoms with Gasteiger partial charge in [0.05, 0.1) is 0 Å². The number of benzene rings is 1. The first-order valence-electron chi connectivity index (χ1n) is 6.71. The molecule has 0 aromatic heterocycles. The highest BCUT2D eigenvalue weighted by Gasteiger charge is 2.44. The van der Waals surface area contributed by atoms with E-state index in [9.17, 15) is 9.59 Å². The van der Waals surface area contributed by atoms with Crippen molar-refractivity contribution in [2.24, 2.45) is 5.41 Å². The standard InChI is InChI=1S/C16H16O6/c17-14(18)16(15(19)20)8-6-13(7-9-16)22-11-10-21-12-4-2-1-3-5-12/h1-8H,9-11H2,(H,17,18)(H,19,20). The molecule has 116 valence electrons. The summed E-state index contributed by atoms with van der Waals surface area (Å²) >= 11 is 0. The second-order valence-electron chi connectivity index (χ2n) is 4.74. The summed E-state index contributed by atoms with van der Waals surface area (Å²) in [5.41, 5.74) is -1.91. The average molecular weight is 304 g/mol. The van der Waals surface area contributed by atoms with Crippen molar-refractivity contribution in [2.75, 3.05) is 13.2 Å². The fraction of sp³-hybridized carbons (Fsp3) is 0.250. The minimum Gasteiger partial charge on any atom is -0.490 e. The Hall–Kier alpha value is -2.76. The number of carboxylic acid groups (broad SMARTS) is 2. The first-order chi connectivity index (χ1) is 10.5. The molecule has 2 rings (SSSR count). The van der Waals surface area contributed by atoms with Gasteiger partial charge in [-0.3, -0.25) is 9.59 Å². The Balaban J connectivity index is 1.81. The van der Waals surface area contributed by atoms with Crippen LogP contribution in [0.1, 0.15) is 6.42 Å². The molecule has 2 N–H and O–H groups in total. The van der Waals surface area contributed by atoms with Crippen LogP contribution >= 0.6 is 0 Å². The molecule has 0 saturated carbocycles. The third-order valence-corrected chi connectivity index (χ3v) is 3.28. The van der Waals surface area contributed by atoms with Gasteiger partial charge in [-0.2, -0.15) is 0 Å². The number of rotatable bonds is 7. The summed E-state index contributed by atoms with van der Waals surface area (Å²) in [5, 5.41) is 18.1. The van der Waals surface area contributed by atoms with Gasteiger partial charge >= 0.3 is 11.9 Å². The van der Waals surface area contributed by atoms with Crippen molar-refractivity contribution < 1.29 is 29.3 Å². The van der Waals surface area contributed by atoms with E-state index in [1.54, 1.807) is 0 Å². The number of ether oxygens (including phenoxy) is 2. The molecule has 0 amide bonds. The van der Waals surface area contributed by atoms with Crippen LogP contribution in [0.5, 0.6) is 5.75 Å². The van der Waals surface area contributed by atoms with Crippen molar-refractivity contribution in [3.05, 3.63) is 54.3 Å². The van der Waals surface area contributed by atoms with E-state index in [0.29, 0.717) is 12.4 Å². The molecule has 0 saturated heterocycles. The third kappa shape index (κ3) is 3.46. The van der Waals surface area contributed by atoms with Crippen LogP contribution in [-0.2, 0) is 14.3 Å². The Morgan fingerprint density at radius 2 is 1.68 bits per heavy atom. The number of para-hydroxylation sites is 1. The number of hydrogen-bond donors (Lipinski definition) is 2. The zero-order valence-electron chi connectivity index (χ0n) is 11.8. The van der Waals surface area contributed by atoms with Crippen molar-refractivity contribution in [1.82, 2.24) is 0 Å². The van der Waals surface area contributed by atoms with E-state index in [1.807, 2.05) is 30.3 Å². The molecule has 0 fully saturated rings. The van der Waals surface area contributed by atoms with Crippen LogP contribution in [0.3, 0.4) is 0 Å². The molecule has 0 aliphatic heterocycles. The largest absolute Gasteiger partial charge is 0.490 e. The molecule has 0 spiro atoms. The predicted octanol–water partition coefficient (Wildman–Crippen LogP) is 2.08. The highest BCUT2D eigenvalue weighted by Crippen LogP contribution is 2.31. The van der Waals surface area contributed by atoms with E-state index < -0.39 is 17.4 Å². The molecule has 6 nitrogen and oxygen atoms in total. The molecule has 0 heterocycles. The van der Waals surface area contributed by atoms with E-state index in [-0.39, 0.29) is 13.0 Å². The van der Waals surface area contributed by atoms with Crippen molar-refractivity contribution in [3.8, 4) is 5.75 Å². The van der Waals surface area contributed by atoms with Gasteiger partial charge in [0.2, 0.25) is 0 Å². The van der Waals surface area contributed by atoms with Gasteiger partial charge in [0, 0.05) is 0 Å². The topological polar surface area (TPSA) is 93.1 Å². The highest BCUT2D eigenvalue weighted by atomic mass is 16.5. The summed E-state index contributed by atoms with van der Waals surface area (Å²) in [4.78, 5) is 22.2. The van der Waals surface area contributed by atoms with Crippen LogP contribution in [0.25, 0.3) is 0 Å². The molecule has 6 heteroatoms. The Morgan fingerprint density at radius 1 is 1.05 bits per heavy atom. The first kappa shape index (κ1) is 15.6. The molecule has 22 heavy (non-hydrogen) atoms. The maximum absolute atomic E-state index is 11.1. The van der Waals surface area contributed by atoms with Crippen LogP contribution in [-0.4, -0.2) is 35.4 Å². The lowest BCUT2D eigenvalue weighted by molar-refractivity contribution is -0.160. The Morgan fingerprint density at radius 3 is 2.23 bits per heavy atom. The van der Waals surface area contributed by atoms with Crippen LogP contribution in [0.4, 0.5) is 0 Å². The van der Waals surface area contributed by atoms with E-state index in [4.69, 9.17) is 19.7 Å². The van der Waals surface area contributed by atoms with Gasteiger partial charge in [-0.1, -0.05) is 24.3 Å². The van der Waals surface area contributed by atoms with E-state index in [0.717, 1.165) is 11.8 Å². The van der Waals surface area contributed by atoms with Crippen molar-refractivity contribution in [2.45, 2.75) is 6.42 Å². The summed E-state index contributed by atoms with van der Waals surface area (Å²) in [6, 6.07) is 9.26. The van der Waals surface area contributed by atoms with Gasteiger partial charge in [0.1, 0.15) is 24.7 Å². The Bertz CT molecular complexity index is 588. The van der Waals surface area contributed by atoms with Gasteiger partial charge in [-0.25, -0.2) is 0 Å². The monoisotopic (exact) mass is 304 g/mol. The average Bonchev–Trinajstić information content (AvgIpc) is 2.52. The Kier molecular flexibility index (Phi) is 4.83. The highest BCUT2D eigenvalue weighted by molar-refractivity contribution is 6.01. The van der Waals surface area contributed by atoms with Gasteiger partial charge in [0.25, 0.3) is 0 Å². The van der Waals surface area contributed by atoms with Crippen molar-refractivity contribution in [1.29, 1.82) is 0 Å². The summed E-state index contributed by atoms with van der Waals surface area (Å²) in [6.45, 7) is 0.608. The van der Waals surface area contributed by atoms with E-state index >= 15 is 0 Å². The molecule has 0 atom stereocenters. The molecule has 0 radical (unpaired) electrons. The summed E-state index contributed by atoms with van der Waals surface area (Å²) in [7, 11) is 0. The summed E-state index contributed by atoms with van der Waals surface area (Å²) in [5.74, 6) is -1.61. The van der Waals surface area contributed by atoms with Crippen molar-refractivity contribution >= 4 is 11.9 Å². The van der Waals surface area contributed by atoms with Crippen LogP contribution in [0.15, 0.2) is 54.3 Å². The van der Waals surface area contributed by atoms with Gasteiger partial charge in [-0.05, 0) is 30.7 Å². The van der Waals surface area contributed by atoms with Crippen LogP contribution < -0.4 is 4.74 Å². The third-order valence-electron chi connectivity index (χ3n) is 3.28. The summed E-state index contributed by atoms with van der Waals surface area (Å²) in [6.07, 6.45) is 3.83. The van der Waals surface area contributed by atoms with E-state index in [2.05, 4.69) is 0 Å². The van der Waals surface area contributed by atoms with Crippen molar-refractivity contribution in [3.63, 3.8) is 0 Å². The minimum absolute atomic E-state index is 0.150. The SMILES string of the molecule is O=C(O)C1(C(=O)O)C=CC(OCCOc2ccccc2)=CC1. The minimum atomic E-state index is -1.91. The fourth-order valence-electron chi connectivity index (χ4n) is 1.97. The maximum Gasteiger partial charge on any atom is 0.325 e. The predicted molar refractivity (Wildman–Crippen MR) is 77.4 cm³/mol. The molecular formula is C16H16O6. The molecule has 1 aromatic rings. The van der Waals surface area contributed by atoms with Gasteiger partial charge in [0.15, 0.2) is 5.41 Å². The number of aliphatic carboxylic acids is 2. The van der Waals surface area contributed by atoms with Gasteiger partial charge < -0.3 is 19.7 Å². The number of allylic oxidation sites excluding steroid dienone is 2. The number of carbonyl (C=O) groups is 2. The maximum atomic E-state index is 11.1. The smallest absolute Gasteiger partial charge is 0.325 e. The second kappa shape index (κ2) is 6.80. The zero-order valence-corrected chi connectivity index (χ0v) is 11.8. The molecule has 1 aliphatic rings. The quantitative estimate of drug-likeness (QED) is 0.592. The van der Waals surface area contributed by atoms with Crippen LogP contribution in [0, 0.1) is 5.41 Å². The number of hydrogen-bond acceptors (Lipinski definition) is 4. The normalized spacial score (nSPS) is 15.7. The molecule has 1 aromatic carbocycles. The first-order valence-corrected chi connectivity index (χ1v) is 6.71. The zero-order chi connectivity index (χ0) is 16.0. The molecular weight excluding hydrogens is 288 g/mol.